The topological polar surface area (TPSA) is 66.5 Å². The van der Waals surface area contributed by atoms with E-state index in [4.69, 9.17) is 0 Å². The van der Waals surface area contributed by atoms with Crippen molar-refractivity contribution in [1.82, 2.24) is 9.62 Å². The van der Waals surface area contributed by atoms with Crippen LogP contribution in [0.1, 0.15) is 25.3 Å². The number of rotatable bonds is 5. The molecule has 3 rings (SSSR count). The van der Waals surface area contributed by atoms with Gasteiger partial charge in [-0.25, -0.2) is 12.8 Å². The summed E-state index contributed by atoms with van der Waals surface area (Å²) in [6, 6.07) is 9.20. The summed E-state index contributed by atoms with van der Waals surface area (Å²) >= 11 is 4.45. The maximum atomic E-state index is 13.0. The average molecular weight is 475 g/mol. The van der Waals surface area contributed by atoms with E-state index in [0.29, 0.717) is 19.4 Å². The molecular weight excluding hydrogens is 455 g/mol. The van der Waals surface area contributed by atoms with Crippen molar-refractivity contribution in [1.29, 1.82) is 0 Å². The minimum Gasteiger partial charge on any atom is -0.352 e. The zero-order valence-corrected chi connectivity index (χ0v) is 18.0. The molecule has 0 aliphatic carbocycles. The van der Waals surface area contributed by atoms with E-state index in [2.05, 4.69) is 21.2 Å². The molecule has 1 atom stereocenters. The van der Waals surface area contributed by atoms with Crippen LogP contribution in [-0.4, -0.2) is 31.7 Å². The maximum Gasteiger partial charge on any atom is 0.252 e. The van der Waals surface area contributed by atoms with E-state index < -0.39 is 15.4 Å². The minimum absolute atomic E-state index is 0.139. The third kappa shape index (κ3) is 4.59. The van der Waals surface area contributed by atoms with Gasteiger partial charge in [-0.05, 0) is 65.5 Å². The Morgan fingerprint density at radius 2 is 2.00 bits per heavy atom. The summed E-state index contributed by atoms with van der Waals surface area (Å²) in [7, 11) is -3.62. The van der Waals surface area contributed by atoms with Crippen LogP contribution in [0.3, 0.4) is 0 Å². The number of nitrogens with one attached hydrogen (secondary N) is 1. The standard InChI is InChI=1S/C18H20BrFN2O3S2/c1-18(17(23)21-11-13-3-5-14(20)6-4-13)9-2-10-22(12-18)27(24,25)16-8-7-15(19)26-16/h3-8H,2,9-12H2,1H3,(H,21,23)/t18-/m1/s1. The smallest absolute Gasteiger partial charge is 0.252 e. The van der Waals surface area contributed by atoms with Crippen molar-refractivity contribution in [2.24, 2.45) is 5.41 Å². The number of carbonyl (C=O) groups is 1. The zero-order valence-electron chi connectivity index (χ0n) is 14.7. The highest BCUT2D eigenvalue weighted by Crippen LogP contribution is 2.35. The van der Waals surface area contributed by atoms with Gasteiger partial charge in [0, 0.05) is 19.6 Å². The second-order valence-electron chi connectivity index (χ2n) is 6.87. The summed E-state index contributed by atoms with van der Waals surface area (Å²) in [5.41, 5.74) is -0.0168. The van der Waals surface area contributed by atoms with Gasteiger partial charge in [0.25, 0.3) is 10.0 Å². The quantitative estimate of drug-likeness (QED) is 0.717. The van der Waals surface area contributed by atoms with E-state index in [1.165, 1.54) is 16.4 Å². The number of halogens is 2. The van der Waals surface area contributed by atoms with Crippen molar-refractivity contribution >= 4 is 43.2 Å². The fourth-order valence-corrected chi connectivity index (χ4v) is 6.91. The van der Waals surface area contributed by atoms with Crippen LogP contribution in [-0.2, 0) is 21.4 Å². The van der Waals surface area contributed by atoms with E-state index in [1.807, 2.05) is 0 Å². The Hall–Kier alpha value is -1.29. The highest BCUT2D eigenvalue weighted by Gasteiger charge is 2.42. The molecular formula is C18H20BrFN2O3S2. The Kier molecular flexibility index (Phi) is 6.05. The van der Waals surface area contributed by atoms with E-state index in [1.54, 1.807) is 31.2 Å². The molecule has 1 amide bonds. The molecule has 5 nitrogen and oxygen atoms in total. The lowest BCUT2D eigenvalue weighted by Crippen LogP contribution is -2.51. The van der Waals surface area contributed by atoms with Crippen molar-refractivity contribution in [3.63, 3.8) is 0 Å². The first-order valence-electron chi connectivity index (χ1n) is 8.49. The second kappa shape index (κ2) is 7.98. The van der Waals surface area contributed by atoms with Crippen molar-refractivity contribution in [3.8, 4) is 0 Å². The summed E-state index contributed by atoms with van der Waals surface area (Å²) in [4.78, 5) is 12.8. The summed E-state index contributed by atoms with van der Waals surface area (Å²) in [6.45, 7) is 2.61. The van der Waals surface area contributed by atoms with Crippen LogP contribution in [0.4, 0.5) is 4.39 Å². The van der Waals surface area contributed by atoms with Crippen LogP contribution in [0.2, 0.25) is 0 Å². The first-order valence-corrected chi connectivity index (χ1v) is 11.5. The minimum atomic E-state index is -3.62. The molecule has 1 saturated heterocycles. The third-order valence-electron chi connectivity index (χ3n) is 4.72. The third-order valence-corrected chi connectivity index (χ3v) is 8.65. The number of hydrogen-bond donors (Lipinski definition) is 1. The van der Waals surface area contributed by atoms with Crippen molar-refractivity contribution in [3.05, 3.63) is 51.6 Å². The Morgan fingerprint density at radius 3 is 2.63 bits per heavy atom. The lowest BCUT2D eigenvalue weighted by atomic mass is 9.82. The number of carbonyl (C=O) groups excluding carboxylic acids is 1. The number of sulfonamides is 1. The molecule has 1 aliphatic heterocycles. The first-order chi connectivity index (χ1) is 12.7. The fourth-order valence-electron chi connectivity index (χ4n) is 3.14. The van der Waals surface area contributed by atoms with Gasteiger partial charge >= 0.3 is 0 Å². The summed E-state index contributed by atoms with van der Waals surface area (Å²) in [5, 5.41) is 2.86. The summed E-state index contributed by atoms with van der Waals surface area (Å²) in [6.07, 6.45) is 1.23. The Labute approximate surface area is 170 Å². The molecule has 0 saturated carbocycles. The molecule has 27 heavy (non-hydrogen) atoms. The molecule has 2 heterocycles. The van der Waals surface area contributed by atoms with E-state index >= 15 is 0 Å². The highest BCUT2D eigenvalue weighted by atomic mass is 79.9. The van der Waals surface area contributed by atoms with Crippen LogP contribution >= 0.6 is 27.3 Å². The molecule has 0 radical (unpaired) electrons. The lowest BCUT2D eigenvalue weighted by Gasteiger charge is -2.38. The Balaban J connectivity index is 1.69. The normalized spacial score (nSPS) is 21.1. The van der Waals surface area contributed by atoms with Gasteiger partial charge in [-0.3, -0.25) is 4.79 Å². The predicted molar refractivity (Wildman–Crippen MR) is 106 cm³/mol. The van der Waals surface area contributed by atoms with Crippen LogP contribution in [0.15, 0.2) is 44.4 Å². The van der Waals surface area contributed by atoms with Crippen LogP contribution < -0.4 is 5.32 Å². The zero-order chi connectivity index (χ0) is 19.7. The van der Waals surface area contributed by atoms with Gasteiger partial charge < -0.3 is 5.32 Å². The van der Waals surface area contributed by atoms with Crippen LogP contribution in [0.25, 0.3) is 0 Å². The van der Waals surface area contributed by atoms with Gasteiger partial charge in [0.05, 0.1) is 9.20 Å². The van der Waals surface area contributed by atoms with E-state index in [-0.39, 0.29) is 29.0 Å². The Bertz CT molecular complexity index is 930. The van der Waals surface area contributed by atoms with Crippen molar-refractivity contribution in [2.45, 2.75) is 30.5 Å². The second-order valence-corrected chi connectivity index (χ2v) is 11.5. The molecule has 1 aliphatic rings. The van der Waals surface area contributed by atoms with Crippen LogP contribution in [0, 0.1) is 11.2 Å². The van der Waals surface area contributed by atoms with Gasteiger partial charge in [0.1, 0.15) is 10.0 Å². The number of nitrogens with zero attached hydrogens (tertiary/aromatic N) is 1. The predicted octanol–water partition coefficient (Wildman–Crippen LogP) is 3.76. The van der Waals surface area contributed by atoms with Gasteiger partial charge in [-0.2, -0.15) is 4.31 Å². The number of hydrogen-bond acceptors (Lipinski definition) is 4. The monoisotopic (exact) mass is 474 g/mol. The largest absolute Gasteiger partial charge is 0.352 e. The maximum absolute atomic E-state index is 13.0. The number of piperidine rings is 1. The van der Waals surface area contributed by atoms with Crippen molar-refractivity contribution < 1.29 is 17.6 Å². The molecule has 0 bridgehead atoms. The van der Waals surface area contributed by atoms with E-state index in [0.717, 1.165) is 20.7 Å². The fraction of sp³-hybridized carbons (Fsp3) is 0.389. The van der Waals surface area contributed by atoms with Gasteiger partial charge in [-0.15, -0.1) is 11.3 Å². The molecule has 1 aromatic heterocycles. The van der Waals surface area contributed by atoms with Gasteiger partial charge in [0.15, 0.2) is 0 Å². The molecule has 1 N–H and O–H groups in total. The molecule has 2 aromatic rings. The first kappa shape index (κ1) is 20.4. The number of thiophene rings is 1. The van der Waals surface area contributed by atoms with Gasteiger partial charge in [-0.1, -0.05) is 12.1 Å². The highest BCUT2D eigenvalue weighted by molar-refractivity contribution is 9.11. The molecule has 0 unspecified atom stereocenters. The average Bonchev–Trinajstić information content (AvgIpc) is 3.08. The lowest BCUT2D eigenvalue weighted by molar-refractivity contribution is -0.132. The summed E-state index contributed by atoms with van der Waals surface area (Å²) in [5.74, 6) is -0.524. The molecule has 1 aromatic carbocycles. The van der Waals surface area contributed by atoms with Crippen LogP contribution in [0.5, 0.6) is 0 Å². The number of amides is 1. The molecule has 0 spiro atoms. The molecule has 9 heteroatoms. The SMILES string of the molecule is C[C@@]1(C(=O)NCc2ccc(F)cc2)CCCN(S(=O)(=O)c2ccc(Br)s2)C1. The summed E-state index contributed by atoms with van der Waals surface area (Å²) < 4.78 is 41.1. The van der Waals surface area contributed by atoms with Crippen molar-refractivity contribution in [2.75, 3.05) is 13.1 Å². The van der Waals surface area contributed by atoms with E-state index in [9.17, 15) is 17.6 Å². The molecule has 1 fully saturated rings. The van der Waals surface area contributed by atoms with Gasteiger partial charge in [0.2, 0.25) is 5.91 Å². The molecule has 146 valence electrons. The number of benzene rings is 1. The Morgan fingerprint density at radius 1 is 1.30 bits per heavy atom.